The molecule has 1 heterocycles. The summed E-state index contributed by atoms with van der Waals surface area (Å²) >= 11 is 0. The average molecular weight is 225 g/mol. The zero-order valence-corrected chi connectivity index (χ0v) is 8.26. The second-order valence-electron chi connectivity index (χ2n) is 3.93. The lowest BCUT2D eigenvalue weighted by molar-refractivity contribution is -0.150. The number of piperidine rings is 1. The topological polar surface area (TPSA) is 40.5 Å². The summed E-state index contributed by atoms with van der Waals surface area (Å²) in [6, 6.07) is 0. The Morgan fingerprint density at radius 3 is 2.27 bits per heavy atom. The fourth-order valence-corrected chi connectivity index (χ4v) is 1.85. The van der Waals surface area contributed by atoms with Gasteiger partial charge in [0.05, 0.1) is 6.54 Å². The van der Waals surface area contributed by atoms with Gasteiger partial charge in [-0.05, 0) is 31.8 Å². The van der Waals surface area contributed by atoms with E-state index in [0.29, 0.717) is 25.9 Å². The predicted octanol–water partition coefficient (Wildman–Crippen LogP) is 1.74. The molecule has 1 fully saturated rings. The Hall–Kier alpha value is -0.780. The van der Waals surface area contributed by atoms with Gasteiger partial charge in [0.2, 0.25) is 0 Å². The average Bonchev–Trinajstić information content (AvgIpc) is 2.05. The van der Waals surface area contributed by atoms with Crippen LogP contribution in [0.3, 0.4) is 0 Å². The van der Waals surface area contributed by atoms with Gasteiger partial charge >= 0.3 is 12.1 Å². The van der Waals surface area contributed by atoms with E-state index in [4.69, 9.17) is 5.11 Å². The van der Waals surface area contributed by atoms with Gasteiger partial charge in [0.25, 0.3) is 0 Å². The summed E-state index contributed by atoms with van der Waals surface area (Å²) in [6.45, 7) is -0.193. The summed E-state index contributed by atoms with van der Waals surface area (Å²) in [5, 5.41) is 8.52. The number of aliphatic carboxylic acids is 1. The van der Waals surface area contributed by atoms with E-state index in [1.165, 1.54) is 4.90 Å². The summed E-state index contributed by atoms with van der Waals surface area (Å²) in [6.07, 6.45) is -3.00. The standard InChI is InChI=1S/C9H14F3NO2/c10-9(11,12)6-13-3-1-7(2-4-13)5-8(14)15/h7H,1-6H2,(H,14,15). The van der Waals surface area contributed by atoms with Crippen LogP contribution in [-0.4, -0.2) is 41.8 Å². The number of rotatable bonds is 3. The zero-order valence-electron chi connectivity index (χ0n) is 8.26. The third kappa shape index (κ3) is 5.01. The fraction of sp³-hybridized carbons (Fsp3) is 0.889. The molecule has 0 spiro atoms. The fourth-order valence-electron chi connectivity index (χ4n) is 1.85. The molecule has 1 saturated heterocycles. The number of hydrogen-bond acceptors (Lipinski definition) is 2. The van der Waals surface area contributed by atoms with E-state index in [2.05, 4.69) is 0 Å². The summed E-state index contributed by atoms with van der Waals surface area (Å²) < 4.78 is 36.0. The number of halogens is 3. The molecule has 0 radical (unpaired) electrons. The molecule has 1 rings (SSSR count). The van der Waals surface area contributed by atoms with Gasteiger partial charge in [0.15, 0.2) is 0 Å². The number of likely N-dealkylation sites (tertiary alicyclic amines) is 1. The second-order valence-corrected chi connectivity index (χ2v) is 3.93. The molecule has 0 aromatic heterocycles. The maximum Gasteiger partial charge on any atom is 0.401 e. The molecule has 0 aromatic rings. The van der Waals surface area contributed by atoms with Crippen molar-refractivity contribution in [3.63, 3.8) is 0 Å². The van der Waals surface area contributed by atoms with Crippen molar-refractivity contribution in [2.24, 2.45) is 5.92 Å². The zero-order chi connectivity index (χ0) is 11.5. The third-order valence-corrected chi connectivity index (χ3v) is 2.57. The third-order valence-electron chi connectivity index (χ3n) is 2.57. The van der Waals surface area contributed by atoms with E-state index in [9.17, 15) is 18.0 Å². The van der Waals surface area contributed by atoms with Crippen LogP contribution in [0.2, 0.25) is 0 Å². The summed E-state index contributed by atoms with van der Waals surface area (Å²) in [5.74, 6) is -0.837. The molecule has 0 unspecified atom stereocenters. The van der Waals surface area contributed by atoms with Gasteiger partial charge in [0.1, 0.15) is 0 Å². The molecule has 1 aliphatic heterocycles. The Morgan fingerprint density at radius 2 is 1.87 bits per heavy atom. The van der Waals surface area contributed by atoms with Crippen molar-refractivity contribution in [1.82, 2.24) is 4.90 Å². The van der Waals surface area contributed by atoms with E-state index >= 15 is 0 Å². The molecule has 6 heteroatoms. The van der Waals surface area contributed by atoms with Crippen LogP contribution in [0, 0.1) is 5.92 Å². The summed E-state index contributed by atoms with van der Waals surface area (Å²) in [4.78, 5) is 11.7. The highest BCUT2D eigenvalue weighted by molar-refractivity contribution is 5.67. The Kier molecular flexibility index (Phi) is 3.96. The smallest absolute Gasteiger partial charge is 0.401 e. The predicted molar refractivity (Wildman–Crippen MR) is 47.5 cm³/mol. The van der Waals surface area contributed by atoms with Crippen molar-refractivity contribution < 1.29 is 23.1 Å². The molecule has 0 bridgehead atoms. The van der Waals surface area contributed by atoms with Crippen molar-refractivity contribution in [3.05, 3.63) is 0 Å². The van der Waals surface area contributed by atoms with Crippen LogP contribution in [0.15, 0.2) is 0 Å². The number of alkyl halides is 3. The quantitative estimate of drug-likeness (QED) is 0.795. The van der Waals surface area contributed by atoms with Crippen LogP contribution < -0.4 is 0 Å². The minimum absolute atomic E-state index is 0.0342. The van der Waals surface area contributed by atoms with Crippen molar-refractivity contribution in [2.45, 2.75) is 25.4 Å². The van der Waals surface area contributed by atoms with Gasteiger partial charge in [-0.2, -0.15) is 13.2 Å². The molecular formula is C9H14F3NO2. The molecule has 1 aliphatic rings. The molecule has 0 aliphatic carbocycles. The first-order valence-corrected chi connectivity index (χ1v) is 4.88. The maximum atomic E-state index is 12.0. The Balaban J connectivity index is 2.27. The van der Waals surface area contributed by atoms with E-state index < -0.39 is 18.7 Å². The number of nitrogens with zero attached hydrogens (tertiary/aromatic N) is 1. The lowest BCUT2D eigenvalue weighted by Crippen LogP contribution is -2.40. The summed E-state index contributed by atoms with van der Waals surface area (Å²) in [5.41, 5.74) is 0. The minimum atomic E-state index is -4.15. The van der Waals surface area contributed by atoms with Gasteiger partial charge in [-0.25, -0.2) is 0 Å². The second kappa shape index (κ2) is 4.83. The first-order chi connectivity index (χ1) is 6.87. The highest BCUT2D eigenvalue weighted by Crippen LogP contribution is 2.24. The number of carboxylic acid groups (broad SMARTS) is 1. The Bertz CT molecular complexity index is 222. The number of carbonyl (C=O) groups is 1. The molecule has 1 N–H and O–H groups in total. The van der Waals surface area contributed by atoms with Gasteiger partial charge in [-0.15, -0.1) is 0 Å². The molecule has 0 aromatic carbocycles. The maximum absolute atomic E-state index is 12.0. The van der Waals surface area contributed by atoms with Crippen molar-refractivity contribution in [3.8, 4) is 0 Å². The van der Waals surface area contributed by atoms with Gasteiger partial charge in [0, 0.05) is 6.42 Å². The van der Waals surface area contributed by atoms with Gasteiger partial charge in [-0.1, -0.05) is 0 Å². The van der Waals surface area contributed by atoms with Crippen LogP contribution in [-0.2, 0) is 4.79 Å². The lowest BCUT2D eigenvalue weighted by Gasteiger charge is -2.31. The van der Waals surface area contributed by atoms with Crippen molar-refractivity contribution in [2.75, 3.05) is 19.6 Å². The lowest BCUT2D eigenvalue weighted by atomic mass is 9.94. The molecule has 0 amide bonds. The Labute approximate surface area is 85.9 Å². The highest BCUT2D eigenvalue weighted by Gasteiger charge is 2.32. The minimum Gasteiger partial charge on any atom is -0.481 e. The van der Waals surface area contributed by atoms with Crippen LogP contribution in [0.1, 0.15) is 19.3 Å². The van der Waals surface area contributed by atoms with Crippen molar-refractivity contribution in [1.29, 1.82) is 0 Å². The van der Waals surface area contributed by atoms with Gasteiger partial charge < -0.3 is 5.11 Å². The van der Waals surface area contributed by atoms with E-state index in [-0.39, 0.29) is 12.3 Å². The number of hydrogen-bond donors (Lipinski definition) is 1. The largest absolute Gasteiger partial charge is 0.481 e. The first kappa shape index (κ1) is 12.3. The molecule has 0 atom stereocenters. The van der Waals surface area contributed by atoms with Crippen LogP contribution in [0.4, 0.5) is 13.2 Å². The SMILES string of the molecule is O=C(O)CC1CCN(CC(F)(F)F)CC1. The Morgan fingerprint density at radius 1 is 1.33 bits per heavy atom. The molecule has 0 saturated carbocycles. The molecular weight excluding hydrogens is 211 g/mol. The van der Waals surface area contributed by atoms with Gasteiger partial charge in [-0.3, -0.25) is 9.69 Å². The summed E-state index contributed by atoms with van der Waals surface area (Å²) in [7, 11) is 0. The van der Waals surface area contributed by atoms with Crippen LogP contribution >= 0.6 is 0 Å². The van der Waals surface area contributed by atoms with Crippen LogP contribution in [0.25, 0.3) is 0 Å². The molecule has 88 valence electrons. The normalized spacial score (nSPS) is 20.5. The monoisotopic (exact) mass is 225 g/mol. The van der Waals surface area contributed by atoms with Crippen molar-refractivity contribution >= 4 is 5.97 Å². The van der Waals surface area contributed by atoms with E-state index in [1.807, 2.05) is 0 Å². The molecule has 15 heavy (non-hydrogen) atoms. The number of carboxylic acids is 1. The first-order valence-electron chi connectivity index (χ1n) is 4.88. The van der Waals surface area contributed by atoms with E-state index in [1.54, 1.807) is 0 Å². The van der Waals surface area contributed by atoms with E-state index in [0.717, 1.165) is 0 Å². The highest BCUT2D eigenvalue weighted by atomic mass is 19.4. The molecule has 3 nitrogen and oxygen atoms in total. The van der Waals surface area contributed by atoms with Crippen LogP contribution in [0.5, 0.6) is 0 Å².